The molecule has 2 heterocycles. The molecule has 1 aliphatic rings. The van der Waals surface area contributed by atoms with E-state index < -0.39 is 0 Å². The highest BCUT2D eigenvalue weighted by Crippen LogP contribution is 2.37. The van der Waals surface area contributed by atoms with Crippen LogP contribution >= 0.6 is 23.1 Å². The van der Waals surface area contributed by atoms with Crippen LogP contribution in [0.4, 0.5) is 5.13 Å². The maximum absolute atomic E-state index is 11.4. The zero-order chi connectivity index (χ0) is 13.7. The van der Waals surface area contributed by atoms with Crippen LogP contribution in [-0.4, -0.2) is 34.6 Å². The maximum atomic E-state index is 11.4. The number of carbonyl (C=O) groups is 1. The molecule has 0 amide bonds. The number of hydrogen-bond donors (Lipinski definition) is 1. The molecule has 1 unspecified atom stereocenters. The standard InChI is InChI=1S/C13H20N2O2S2/c1-3-17-11(16)7-10-8-18-12(15-10)14-9-13(2)5-4-6-19-13/h8H,3-7,9H2,1-2H3,(H,14,15). The lowest BCUT2D eigenvalue weighted by molar-refractivity contribution is -0.142. The summed E-state index contributed by atoms with van der Waals surface area (Å²) in [5, 5.41) is 6.20. The Kier molecular flexibility index (Phi) is 5.10. The summed E-state index contributed by atoms with van der Waals surface area (Å²) in [6, 6.07) is 0. The van der Waals surface area contributed by atoms with Gasteiger partial charge in [-0.3, -0.25) is 4.79 Å². The summed E-state index contributed by atoms with van der Waals surface area (Å²) in [6.45, 7) is 5.46. The molecule has 6 heteroatoms. The molecule has 0 spiro atoms. The van der Waals surface area contributed by atoms with E-state index in [0.29, 0.717) is 11.4 Å². The average Bonchev–Trinajstić information content (AvgIpc) is 2.97. The lowest BCUT2D eigenvalue weighted by Crippen LogP contribution is -2.27. The maximum Gasteiger partial charge on any atom is 0.311 e. The second-order valence-corrected chi connectivity index (χ2v) is 7.42. The lowest BCUT2D eigenvalue weighted by atomic mass is 10.1. The Labute approximate surface area is 122 Å². The molecule has 106 valence electrons. The Balaban J connectivity index is 1.82. The molecule has 1 aromatic rings. The van der Waals surface area contributed by atoms with Crippen LogP contribution < -0.4 is 5.32 Å². The number of thiazole rings is 1. The van der Waals surface area contributed by atoms with Gasteiger partial charge in [0.2, 0.25) is 0 Å². The van der Waals surface area contributed by atoms with Crippen LogP contribution in [0.15, 0.2) is 5.38 Å². The van der Waals surface area contributed by atoms with Crippen molar-refractivity contribution in [3.63, 3.8) is 0 Å². The van der Waals surface area contributed by atoms with Crippen LogP contribution in [-0.2, 0) is 16.0 Å². The normalized spacial score (nSPS) is 22.4. The third kappa shape index (κ3) is 4.38. The Morgan fingerprint density at radius 2 is 2.47 bits per heavy atom. The van der Waals surface area contributed by atoms with Crippen LogP contribution in [0.5, 0.6) is 0 Å². The third-order valence-electron chi connectivity index (χ3n) is 3.10. The smallest absolute Gasteiger partial charge is 0.311 e. The minimum atomic E-state index is -0.210. The number of ether oxygens (including phenoxy) is 1. The zero-order valence-electron chi connectivity index (χ0n) is 11.4. The molecule has 1 N–H and O–H groups in total. The van der Waals surface area contributed by atoms with Gasteiger partial charge >= 0.3 is 5.97 Å². The first kappa shape index (κ1) is 14.7. The topological polar surface area (TPSA) is 51.2 Å². The second-order valence-electron chi connectivity index (χ2n) is 4.88. The van der Waals surface area contributed by atoms with Crippen LogP contribution in [0.2, 0.25) is 0 Å². The number of hydrogen-bond acceptors (Lipinski definition) is 6. The van der Waals surface area contributed by atoms with Crippen LogP contribution in [0.1, 0.15) is 32.4 Å². The molecular formula is C13H20N2O2S2. The highest BCUT2D eigenvalue weighted by atomic mass is 32.2. The summed E-state index contributed by atoms with van der Waals surface area (Å²) in [7, 11) is 0. The van der Waals surface area contributed by atoms with E-state index >= 15 is 0 Å². The van der Waals surface area contributed by atoms with Crippen molar-refractivity contribution in [1.29, 1.82) is 0 Å². The molecule has 19 heavy (non-hydrogen) atoms. The third-order valence-corrected chi connectivity index (χ3v) is 5.48. The fourth-order valence-corrected chi connectivity index (χ4v) is 4.02. The summed E-state index contributed by atoms with van der Waals surface area (Å²) in [5.41, 5.74) is 0.787. The minimum absolute atomic E-state index is 0.210. The van der Waals surface area contributed by atoms with E-state index in [1.54, 1.807) is 11.3 Å². The van der Waals surface area contributed by atoms with Gasteiger partial charge in [-0.05, 0) is 32.4 Å². The first-order valence-corrected chi connectivity index (χ1v) is 8.46. The number of thioether (sulfide) groups is 1. The number of carbonyl (C=O) groups excluding carboxylic acids is 1. The molecule has 0 aliphatic carbocycles. The molecule has 0 radical (unpaired) electrons. The van der Waals surface area contributed by atoms with Crippen molar-refractivity contribution in [2.75, 3.05) is 24.2 Å². The predicted molar refractivity (Wildman–Crippen MR) is 81.0 cm³/mol. The first-order chi connectivity index (χ1) is 9.11. The molecule has 1 aliphatic heterocycles. The van der Waals surface area contributed by atoms with Gasteiger partial charge < -0.3 is 10.1 Å². The van der Waals surface area contributed by atoms with Crippen LogP contribution in [0, 0.1) is 0 Å². The highest BCUT2D eigenvalue weighted by Gasteiger charge is 2.29. The van der Waals surface area contributed by atoms with E-state index in [1.165, 1.54) is 18.6 Å². The van der Waals surface area contributed by atoms with Crippen molar-refractivity contribution in [3.8, 4) is 0 Å². The fraction of sp³-hybridized carbons (Fsp3) is 0.692. The van der Waals surface area contributed by atoms with Gasteiger partial charge in [0.1, 0.15) is 0 Å². The van der Waals surface area contributed by atoms with Gasteiger partial charge in [0, 0.05) is 16.7 Å². The zero-order valence-corrected chi connectivity index (χ0v) is 13.0. The van der Waals surface area contributed by atoms with E-state index in [2.05, 4.69) is 17.2 Å². The van der Waals surface area contributed by atoms with Crippen molar-refractivity contribution in [3.05, 3.63) is 11.1 Å². The molecule has 1 fully saturated rings. The lowest BCUT2D eigenvalue weighted by Gasteiger charge is -2.22. The second kappa shape index (κ2) is 6.61. The van der Waals surface area contributed by atoms with Crippen molar-refractivity contribution >= 4 is 34.2 Å². The van der Waals surface area contributed by atoms with Crippen LogP contribution in [0.3, 0.4) is 0 Å². The Morgan fingerprint density at radius 3 is 3.16 bits per heavy atom. The van der Waals surface area contributed by atoms with Crippen molar-refractivity contribution in [2.45, 2.75) is 37.9 Å². The van der Waals surface area contributed by atoms with Gasteiger partial charge in [-0.1, -0.05) is 0 Å². The molecule has 1 atom stereocenters. The van der Waals surface area contributed by atoms with E-state index in [0.717, 1.165) is 17.4 Å². The molecule has 0 saturated carbocycles. The summed E-state index contributed by atoms with van der Waals surface area (Å²) in [4.78, 5) is 15.8. The number of nitrogens with one attached hydrogen (secondary N) is 1. The van der Waals surface area contributed by atoms with E-state index in [1.807, 2.05) is 24.1 Å². The number of aromatic nitrogens is 1. The van der Waals surface area contributed by atoms with Gasteiger partial charge in [0.25, 0.3) is 0 Å². The van der Waals surface area contributed by atoms with Gasteiger partial charge in [-0.15, -0.1) is 11.3 Å². The number of nitrogens with zero attached hydrogens (tertiary/aromatic N) is 1. The van der Waals surface area contributed by atoms with Crippen molar-refractivity contribution in [2.24, 2.45) is 0 Å². The number of rotatable bonds is 6. The van der Waals surface area contributed by atoms with Crippen molar-refractivity contribution < 1.29 is 9.53 Å². The SMILES string of the molecule is CCOC(=O)Cc1csc(NCC2(C)CCCS2)n1. The predicted octanol–water partition coefficient (Wildman–Crippen LogP) is 2.95. The van der Waals surface area contributed by atoms with E-state index in [9.17, 15) is 4.79 Å². The number of esters is 1. The average molecular weight is 300 g/mol. The molecular weight excluding hydrogens is 280 g/mol. The van der Waals surface area contributed by atoms with Crippen molar-refractivity contribution in [1.82, 2.24) is 4.98 Å². The summed E-state index contributed by atoms with van der Waals surface area (Å²) in [5.74, 6) is 1.04. The van der Waals surface area contributed by atoms with Gasteiger partial charge in [-0.25, -0.2) is 4.98 Å². The van der Waals surface area contributed by atoms with Gasteiger partial charge in [-0.2, -0.15) is 11.8 Å². The van der Waals surface area contributed by atoms with Crippen LogP contribution in [0.25, 0.3) is 0 Å². The quantitative estimate of drug-likeness (QED) is 0.819. The van der Waals surface area contributed by atoms with Gasteiger partial charge in [0.05, 0.1) is 18.7 Å². The molecule has 2 rings (SSSR count). The number of anilines is 1. The Hall–Kier alpha value is -0.750. The van der Waals surface area contributed by atoms with E-state index in [-0.39, 0.29) is 12.4 Å². The molecule has 1 aromatic heterocycles. The Bertz CT molecular complexity index is 428. The molecule has 1 saturated heterocycles. The summed E-state index contributed by atoms with van der Waals surface area (Å²) in [6.07, 6.45) is 2.82. The largest absolute Gasteiger partial charge is 0.466 e. The fourth-order valence-electron chi connectivity index (χ4n) is 2.07. The molecule has 4 nitrogen and oxygen atoms in total. The molecule has 0 bridgehead atoms. The Morgan fingerprint density at radius 1 is 1.63 bits per heavy atom. The monoisotopic (exact) mass is 300 g/mol. The summed E-state index contributed by atoms with van der Waals surface area (Å²) >= 11 is 3.58. The first-order valence-electron chi connectivity index (χ1n) is 6.59. The minimum Gasteiger partial charge on any atom is -0.466 e. The molecule has 0 aromatic carbocycles. The highest BCUT2D eigenvalue weighted by molar-refractivity contribution is 8.00. The van der Waals surface area contributed by atoms with E-state index in [4.69, 9.17) is 4.74 Å². The summed E-state index contributed by atoms with van der Waals surface area (Å²) < 4.78 is 5.24. The van der Waals surface area contributed by atoms with Gasteiger partial charge in [0.15, 0.2) is 5.13 Å².